The van der Waals surface area contributed by atoms with E-state index in [1.165, 1.54) is 11.1 Å². The minimum Gasteiger partial charge on any atom is -0.382 e. The molecule has 2 N–H and O–H groups in total. The maximum atomic E-state index is 6.15. The summed E-state index contributed by atoms with van der Waals surface area (Å²) in [6.07, 6.45) is 2.80. The average molecular weight is 360 g/mol. The van der Waals surface area contributed by atoms with Crippen LogP contribution < -0.4 is 5.73 Å². The first-order valence-electron chi connectivity index (χ1n) is 9.31. The molecule has 2 aromatic heterocycles. The number of benzene rings is 2. The van der Waals surface area contributed by atoms with Gasteiger partial charge in [0, 0.05) is 5.39 Å². The fourth-order valence-electron chi connectivity index (χ4n) is 3.56. The number of para-hydroxylation sites is 1. The van der Waals surface area contributed by atoms with Gasteiger partial charge in [-0.05, 0) is 25.0 Å². The molecule has 4 rings (SSSR count). The van der Waals surface area contributed by atoms with E-state index in [1.54, 1.807) is 0 Å². The van der Waals surface area contributed by atoms with Crippen molar-refractivity contribution >= 4 is 27.8 Å². The van der Waals surface area contributed by atoms with Crippen LogP contribution in [-0.4, -0.2) is 21.1 Å². The predicted molar refractivity (Wildman–Crippen MR) is 110 cm³/mol. The van der Waals surface area contributed by atoms with Gasteiger partial charge in [0.1, 0.15) is 5.52 Å². The Hall–Kier alpha value is -2.92. The number of aryl methyl sites for hydroxylation is 1. The van der Waals surface area contributed by atoms with Crippen LogP contribution in [0.3, 0.4) is 0 Å². The van der Waals surface area contributed by atoms with Gasteiger partial charge in [0.15, 0.2) is 5.82 Å². The third-order valence-corrected chi connectivity index (χ3v) is 4.96. The first-order valence-corrected chi connectivity index (χ1v) is 9.31. The van der Waals surface area contributed by atoms with Crippen molar-refractivity contribution in [1.29, 1.82) is 0 Å². The number of nitrogens with two attached hydrogens (primary N) is 1. The van der Waals surface area contributed by atoms with Gasteiger partial charge in [-0.1, -0.05) is 55.0 Å². The lowest BCUT2D eigenvalue weighted by atomic mass is 10.1. The second kappa shape index (κ2) is 7.37. The maximum absolute atomic E-state index is 6.15. The molecule has 4 aromatic rings. The molecule has 0 aliphatic carbocycles. The number of hydrogen-bond donors (Lipinski definition) is 1. The Labute approximate surface area is 158 Å². The summed E-state index contributed by atoms with van der Waals surface area (Å²) in [6.45, 7) is 5.49. The number of anilines is 1. The van der Waals surface area contributed by atoms with Crippen LogP contribution in [0.1, 0.15) is 30.5 Å². The van der Waals surface area contributed by atoms with Gasteiger partial charge in [0.2, 0.25) is 0 Å². The first-order chi connectivity index (χ1) is 13.2. The highest BCUT2D eigenvalue weighted by atomic mass is 16.5. The summed E-state index contributed by atoms with van der Waals surface area (Å²) in [7, 11) is 0. The fraction of sp³-hybridized carbons (Fsp3) is 0.273. The van der Waals surface area contributed by atoms with Gasteiger partial charge >= 0.3 is 0 Å². The predicted octanol–water partition coefficient (Wildman–Crippen LogP) is 4.64. The molecule has 0 spiro atoms. The number of nitrogen functional groups attached to an aromatic ring is 1. The number of pyridine rings is 1. The highest BCUT2D eigenvalue weighted by molar-refractivity contribution is 6.06. The lowest BCUT2D eigenvalue weighted by Gasteiger charge is -2.19. The third-order valence-electron chi connectivity index (χ3n) is 4.96. The molecule has 0 fully saturated rings. The molecule has 0 aliphatic heterocycles. The molecule has 5 heteroatoms. The smallest absolute Gasteiger partial charge is 0.152 e. The molecule has 0 radical (unpaired) electrons. The number of ether oxygens (including phenoxy) is 1. The topological polar surface area (TPSA) is 66.0 Å². The van der Waals surface area contributed by atoms with Gasteiger partial charge in [-0.2, -0.15) is 0 Å². The van der Waals surface area contributed by atoms with Crippen molar-refractivity contribution < 1.29 is 4.74 Å². The van der Waals surface area contributed by atoms with Crippen LogP contribution in [0.25, 0.3) is 21.9 Å². The Morgan fingerprint density at radius 2 is 2.00 bits per heavy atom. The summed E-state index contributed by atoms with van der Waals surface area (Å²) < 4.78 is 8.23. The second-order valence-corrected chi connectivity index (χ2v) is 6.93. The van der Waals surface area contributed by atoms with E-state index < -0.39 is 0 Å². The average Bonchev–Trinajstić information content (AvgIpc) is 3.11. The van der Waals surface area contributed by atoms with E-state index in [2.05, 4.69) is 58.7 Å². The zero-order valence-electron chi connectivity index (χ0n) is 15.7. The summed E-state index contributed by atoms with van der Waals surface area (Å²) in [5.74, 6) is 0.470. The van der Waals surface area contributed by atoms with Crippen molar-refractivity contribution in [2.45, 2.75) is 32.9 Å². The van der Waals surface area contributed by atoms with Gasteiger partial charge in [0.25, 0.3) is 0 Å². The van der Waals surface area contributed by atoms with Crippen LogP contribution in [0, 0.1) is 6.92 Å². The number of aromatic nitrogens is 3. The van der Waals surface area contributed by atoms with Gasteiger partial charge in [0.05, 0.1) is 36.6 Å². The number of imidazole rings is 1. The number of nitrogens with zero attached hydrogens (tertiary/aromatic N) is 3. The molecule has 5 nitrogen and oxygen atoms in total. The van der Waals surface area contributed by atoms with E-state index in [0.717, 1.165) is 28.4 Å². The summed E-state index contributed by atoms with van der Waals surface area (Å²) >= 11 is 0. The monoisotopic (exact) mass is 360 g/mol. The molecule has 0 saturated carbocycles. The van der Waals surface area contributed by atoms with Crippen LogP contribution in [0.5, 0.6) is 0 Å². The van der Waals surface area contributed by atoms with Gasteiger partial charge in [-0.3, -0.25) is 0 Å². The van der Waals surface area contributed by atoms with Gasteiger partial charge < -0.3 is 15.0 Å². The quantitative estimate of drug-likeness (QED) is 0.544. The van der Waals surface area contributed by atoms with E-state index in [1.807, 2.05) is 24.5 Å². The molecule has 2 heterocycles. The molecule has 0 saturated heterocycles. The molecule has 0 bridgehead atoms. The van der Waals surface area contributed by atoms with Crippen LogP contribution in [0.2, 0.25) is 0 Å². The molecule has 0 aliphatic rings. The molecule has 0 amide bonds. The van der Waals surface area contributed by atoms with Crippen molar-refractivity contribution in [3.05, 3.63) is 66.0 Å². The molecular formula is C22H24N4O. The lowest BCUT2D eigenvalue weighted by molar-refractivity contribution is 0.0897. The molecular weight excluding hydrogens is 336 g/mol. The Morgan fingerprint density at radius 1 is 1.15 bits per heavy atom. The summed E-state index contributed by atoms with van der Waals surface area (Å²) in [6, 6.07) is 16.7. The van der Waals surface area contributed by atoms with Crippen molar-refractivity contribution in [1.82, 2.24) is 14.5 Å². The van der Waals surface area contributed by atoms with E-state index >= 15 is 0 Å². The normalized spacial score (nSPS) is 12.7. The van der Waals surface area contributed by atoms with Crippen molar-refractivity contribution in [3.8, 4) is 0 Å². The van der Waals surface area contributed by atoms with Crippen LogP contribution in [0.15, 0.2) is 54.9 Å². The second-order valence-electron chi connectivity index (χ2n) is 6.93. The Balaban J connectivity index is 1.63. The molecule has 1 unspecified atom stereocenters. The van der Waals surface area contributed by atoms with E-state index in [0.29, 0.717) is 19.0 Å². The number of hydrogen-bond acceptors (Lipinski definition) is 4. The number of fused-ring (bicyclic) bond motifs is 3. The van der Waals surface area contributed by atoms with Gasteiger partial charge in [-0.15, -0.1) is 0 Å². The largest absolute Gasteiger partial charge is 0.382 e. The summed E-state index contributed by atoms with van der Waals surface area (Å²) in [5.41, 5.74) is 11.3. The van der Waals surface area contributed by atoms with Crippen LogP contribution in [-0.2, 0) is 11.3 Å². The number of rotatable bonds is 6. The highest BCUT2D eigenvalue weighted by Gasteiger charge is 2.17. The molecule has 138 valence electrons. The molecule has 2 aromatic carbocycles. The van der Waals surface area contributed by atoms with Crippen molar-refractivity contribution in [2.75, 3.05) is 12.3 Å². The van der Waals surface area contributed by atoms with Crippen LogP contribution >= 0.6 is 0 Å². The third kappa shape index (κ3) is 3.38. The summed E-state index contributed by atoms with van der Waals surface area (Å²) in [4.78, 5) is 9.02. The zero-order valence-corrected chi connectivity index (χ0v) is 15.7. The van der Waals surface area contributed by atoms with E-state index in [-0.39, 0.29) is 6.04 Å². The Morgan fingerprint density at radius 3 is 2.81 bits per heavy atom. The standard InChI is InChI=1S/C22H24N4O/c1-3-17(13-27-12-16-8-6-7-15(2)11-16)26-14-24-20-21(26)18-9-4-5-10-19(18)25-22(20)23/h4-11,14,17H,3,12-13H2,1-2H3,(H2,23,25). The van der Waals surface area contributed by atoms with Crippen molar-refractivity contribution in [2.24, 2.45) is 0 Å². The minimum absolute atomic E-state index is 0.185. The fourth-order valence-corrected chi connectivity index (χ4v) is 3.56. The summed E-state index contributed by atoms with van der Waals surface area (Å²) in [5, 5.41) is 1.07. The van der Waals surface area contributed by atoms with E-state index in [4.69, 9.17) is 10.5 Å². The van der Waals surface area contributed by atoms with E-state index in [9.17, 15) is 0 Å². The minimum atomic E-state index is 0.185. The van der Waals surface area contributed by atoms with Crippen molar-refractivity contribution in [3.63, 3.8) is 0 Å². The maximum Gasteiger partial charge on any atom is 0.152 e. The Bertz CT molecular complexity index is 1090. The highest BCUT2D eigenvalue weighted by Crippen LogP contribution is 2.30. The SMILES string of the molecule is CCC(COCc1cccc(C)c1)n1cnc2c(N)nc3ccccc3c21. The Kier molecular flexibility index (Phi) is 4.77. The lowest BCUT2D eigenvalue weighted by Crippen LogP contribution is -2.14. The molecule has 27 heavy (non-hydrogen) atoms. The first kappa shape index (κ1) is 17.5. The zero-order chi connectivity index (χ0) is 18.8. The van der Waals surface area contributed by atoms with Gasteiger partial charge in [-0.25, -0.2) is 9.97 Å². The molecule has 1 atom stereocenters. The van der Waals surface area contributed by atoms with Crippen LogP contribution in [0.4, 0.5) is 5.82 Å².